The van der Waals surface area contributed by atoms with Crippen LogP contribution in [0.5, 0.6) is 0 Å². The first-order valence-corrected chi connectivity index (χ1v) is 11.7. The SMILES string of the molecule is Cc1ccc(CN(Cc2ccco2)C(=O)C2CCCN(C(=O)Cc3ccc(F)cc3)C2)s1. The second-order valence-electron chi connectivity index (χ2n) is 8.27. The van der Waals surface area contributed by atoms with Crippen LogP contribution in [0.15, 0.2) is 59.2 Å². The van der Waals surface area contributed by atoms with Crippen LogP contribution in [-0.2, 0) is 29.1 Å². The molecule has 5 nitrogen and oxygen atoms in total. The van der Waals surface area contributed by atoms with Crippen LogP contribution in [-0.4, -0.2) is 34.7 Å². The van der Waals surface area contributed by atoms with E-state index in [0.717, 1.165) is 29.0 Å². The molecule has 0 aliphatic carbocycles. The third kappa shape index (κ3) is 5.65. The van der Waals surface area contributed by atoms with Crippen LogP contribution in [0.2, 0.25) is 0 Å². The molecule has 0 saturated carbocycles. The number of thiophene rings is 1. The van der Waals surface area contributed by atoms with E-state index in [4.69, 9.17) is 4.42 Å². The number of likely N-dealkylation sites (tertiary alicyclic amines) is 1. The van der Waals surface area contributed by atoms with E-state index in [1.807, 2.05) is 17.0 Å². The van der Waals surface area contributed by atoms with E-state index in [-0.39, 0.29) is 30.0 Å². The molecular weight excluding hydrogens is 427 g/mol. The first-order valence-electron chi connectivity index (χ1n) is 10.9. The monoisotopic (exact) mass is 454 g/mol. The van der Waals surface area contributed by atoms with Gasteiger partial charge in [0.2, 0.25) is 11.8 Å². The molecule has 4 rings (SSSR count). The molecule has 2 amide bonds. The maximum Gasteiger partial charge on any atom is 0.228 e. The zero-order valence-corrected chi connectivity index (χ0v) is 18.9. The van der Waals surface area contributed by atoms with Gasteiger partial charge in [0.25, 0.3) is 0 Å². The highest BCUT2D eigenvalue weighted by atomic mass is 32.1. The van der Waals surface area contributed by atoms with Gasteiger partial charge in [0.05, 0.1) is 31.7 Å². The minimum absolute atomic E-state index is 0.0272. The highest BCUT2D eigenvalue weighted by molar-refractivity contribution is 7.11. The predicted octanol–water partition coefficient (Wildman–Crippen LogP) is 4.80. The largest absolute Gasteiger partial charge is 0.467 e. The molecule has 32 heavy (non-hydrogen) atoms. The Kier molecular flexibility index (Phi) is 7.05. The number of amides is 2. The number of carbonyl (C=O) groups is 2. The van der Waals surface area contributed by atoms with E-state index in [1.54, 1.807) is 34.6 Å². The fourth-order valence-corrected chi connectivity index (χ4v) is 5.02. The van der Waals surface area contributed by atoms with Crippen molar-refractivity contribution >= 4 is 23.2 Å². The van der Waals surface area contributed by atoms with Crippen molar-refractivity contribution in [1.29, 1.82) is 0 Å². The topological polar surface area (TPSA) is 53.8 Å². The van der Waals surface area contributed by atoms with Gasteiger partial charge in [0.1, 0.15) is 11.6 Å². The van der Waals surface area contributed by atoms with Crippen LogP contribution >= 0.6 is 11.3 Å². The maximum atomic E-state index is 13.5. The summed E-state index contributed by atoms with van der Waals surface area (Å²) in [6.45, 7) is 4.04. The summed E-state index contributed by atoms with van der Waals surface area (Å²) in [7, 11) is 0. The van der Waals surface area contributed by atoms with E-state index < -0.39 is 0 Å². The van der Waals surface area contributed by atoms with E-state index in [1.165, 1.54) is 17.0 Å². The smallest absolute Gasteiger partial charge is 0.228 e. The minimum atomic E-state index is -0.317. The first kappa shape index (κ1) is 22.3. The molecule has 1 aliphatic rings. The molecule has 1 fully saturated rings. The lowest BCUT2D eigenvalue weighted by Crippen LogP contribution is -2.46. The Morgan fingerprint density at radius 1 is 1.16 bits per heavy atom. The number of benzene rings is 1. The molecule has 1 unspecified atom stereocenters. The summed E-state index contributed by atoms with van der Waals surface area (Å²) < 4.78 is 18.6. The molecule has 1 aliphatic heterocycles. The predicted molar refractivity (Wildman–Crippen MR) is 121 cm³/mol. The molecule has 0 spiro atoms. The second-order valence-corrected chi connectivity index (χ2v) is 9.64. The zero-order chi connectivity index (χ0) is 22.5. The van der Waals surface area contributed by atoms with Crippen molar-refractivity contribution in [3.8, 4) is 0 Å². The number of rotatable bonds is 7. The molecule has 3 aromatic rings. The van der Waals surface area contributed by atoms with Gasteiger partial charge in [-0.1, -0.05) is 12.1 Å². The molecule has 7 heteroatoms. The Morgan fingerprint density at radius 2 is 1.97 bits per heavy atom. The van der Waals surface area contributed by atoms with E-state index in [0.29, 0.717) is 26.2 Å². The maximum absolute atomic E-state index is 13.5. The van der Waals surface area contributed by atoms with Crippen molar-refractivity contribution in [1.82, 2.24) is 9.80 Å². The summed E-state index contributed by atoms with van der Waals surface area (Å²) in [5.41, 5.74) is 0.775. The number of aryl methyl sites for hydroxylation is 1. The number of furan rings is 1. The molecule has 1 saturated heterocycles. The van der Waals surface area contributed by atoms with Gasteiger partial charge in [-0.3, -0.25) is 9.59 Å². The Bertz CT molecular complexity index is 1050. The third-order valence-corrected chi connectivity index (χ3v) is 6.76. The van der Waals surface area contributed by atoms with Crippen LogP contribution in [0.4, 0.5) is 4.39 Å². The average molecular weight is 455 g/mol. The lowest BCUT2D eigenvalue weighted by molar-refractivity contribution is -0.141. The second kappa shape index (κ2) is 10.1. The summed E-state index contributed by atoms with van der Waals surface area (Å²) in [4.78, 5) is 32.3. The Labute approximate surface area is 191 Å². The van der Waals surface area contributed by atoms with Crippen molar-refractivity contribution < 1.29 is 18.4 Å². The molecule has 3 heterocycles. The lowest BCUT2D eigenvalue weighted by Gasteiger charge is -2.35. The van der Waals surface area contributed by atoms with Gasteiger partial charge in [-0.25, -0.2) is 4.39 Å². The molecule has 168 valence electrons. The Morgan fingerprint density at radius 3 is 2.66 bits per heavy atom. The Balaban J connectivity index is 1.43. The molecular formula is C25H27FN2O3S. The summed E-state index contributed by atoms with van der Waals surface area (Å²) >= 11 is 1.68. The zero-order valence-electron chi connectivity index (χ0n) is 18.1. The minimum Gasteiger partial charge on any atom is -0.467 e. The van der Waals surface area contributed by atoms with Gasteiger partial charge < -0.3 is 14.2 Å². The van der Waals surface area contributed by atoms with E-state index in [2.05, 4.69) is 19.1 Å². The molecule has 2 aromatic heterocycles. The summed E-state index contributed by atoms with van der Waals surface area (Å²) in [5.74, 6) is 0.207. The van der Waals surface area contributed by atoms with Crippen molar-refractivity contribution in [2.45, 2.75) is 39.3 Å². The van der Waals surface area contributed by atoms with Crippen molar-refractivity contribution in [3.63, 3.8) is 0 Å². The number of hydrogen-bond donors (Lipinski definition) is 0. The fourth-order valence-electron chi connectivity index (χ4n) is 4.11. The number of piperidine rings is 1. The molecule has 1 atom stereocenters. The molecule has 1 aromatic carbocycles. The quantitative estimate of drug-likeness (QED) is 0.515. The van der Waals surface area contributed by atoms with E-state index >= 15 is 0 Å². The van der Waals surface area contributed by atoms with Crippen LogP contribution in [0.1, 0.15) is 33.9 Å². The van der Waals surface area contributed by atoms with Crippen molar-refractivity contribution in [2.24, 2.45) is 5.92 Å². The third-order valence-electron chi connectivity index (χ3n) is 5.77. The lowest BCUT2D eigenvalue weighted by atomic mass is 9.95. The summed E-state index contributed by atoms with van der Waals surface area (Å²) in [5, 5.41) is 0. The fraction of sp³-hybridized carbons (Fsp3) is 0.360. The van der Waals surface area contributed by atoms with Gasteiger partial charge in [-0.05, 0) is 61.7 Å². The van der Waals surface area contributed by atoms with Crippen LogP contribution in [0, 0.1) is 18.7 Å². The molecule has 0 radical (unpaired) electrons. The number of nitrogens with zero attached hydrogens (tertiary/aromatic N) is 2. The first-order chi connectivity index (χ1) is 15.5. The van der Waals surface area contributed by atoms with Gasteiger partial charge in [-0.2, -0.15) is 0 Å². The number of carbonyl (C=O) groups excluding carboxylic acids is 2. The standard InChI is InChI=1S/C25H27FN2O3S/c1-18-6-11-23(32-18)17-28(16-22-5-3-13-31-22)25(30)20-4-2-12-27(15-20)24(29)14-19-7-9-21(26)10-8-19/h3,5-11,13,20H,2,4,12,14-17H2,1H3. The number of hydrogen-bond acceptors (Lipinski definition) is 4. The van der Waals surface area contributed by atoms with Crippen molar-refractivity contribution in [3.05, 3.63) is 81.7 Å². The molecule has 0 N–H and O–H groups in total. The normalized spacial score (nSPS) is 16.2. The Hall–Kier alpha value is -2.93. The van der Waals surface area contributed by atoms with Gasteiger partial charge in [0, 0.05) is 22.8 Å². The van der Waals surface area contributed by atoms with Crippen LogP contribution < -0.4 is 0 Å². The van der Waals surface area contributed by atoms with Crippen LogP contribution in [0.3, 0.4) is 0 Å². The van der Waals surface area contributed by atoms with E-state index in [9.17, 15) is 14.0 Å². The van der Waals surface area contributed by atoms with Gasteiger partial charge in [-0.15, -0.1) is 11.3 Å². The summed E-state index contributed by atoms with van der Waals surface area (Å²) in [6, 6.07) is 13.8. The van der Waals surface area contributed by atoms with Gasteiger partial charge >= 0.3 is 0 Å². The number of halogens is 1. The highest BCUT2D eigenvalue weighted by Gasteiger charge is 2.31. The average Bonchev–Trinajstić information content (AvgIpc) is 3.46. The van der Waals surface area contributed by atoms with Crippen molar-refractivity contribution in [2.75, 3.05) is 13.1 Å². The summed E-state index contributed by atoms with van der Waals surface area (Å²) in [6.07, 6.45) is 3.38. The highest BCUT2D eigenvalue weighted by Crippen LogP contribution is 2.24. The van der Waals surface area contributed by atoms with Gasteiger partial charge in [0.15, 0.2) is 0 Å². The molecule has 0 bridgehead atoms. The van der Waals surface area contributed by atoms with Crippen LogP contribution in [0.25, 0.3) is 0 Å².